The van der Waals surface area contributed by atoms with Crippen LogP contribution in [-0.2, 0) is 14.4 Å². The van der Waals surface area contributed by atoms with Crippen molar-refractivity contribution in [2.45, 2.75) is 44.7 Å². The maximum absolute atomic E-state index is 12.8. The first-order valence-corrected chi connectivity index (χ1v) is 8.64. The summed E-state index contributed by atoms with van der Waals surface area (Å²) in [5, 5.41) is 3.08. The second-order valence-electron chi connectivity index (χ2n) is 6.71. The molecule has 0 aromatic rings. The van der Waals surface area contributed by atoms with Gasteiger partial charge in [0.15, 0.2) is 0 Å². The van der Waals surface area contributed by atoms with E-state index in [1.54, 1.807) is 4.90 Å². The molecule has 7 nitrogen and oxygen atoms in total. The predicted octanol–water partition coefficient (Wildman–Crippen LogP) is -0.580. The summed E-state index contributed by atoms with van der Waals surface area (Å²) in [6.07, 6.45) is 3.52. The normalized spacial score (nSPS) is 29.1. The fourth-order valence-corrected chi connectivity index (χ4v) is 4.03. The Morgan fingerprint density at radius 3 is 2.65 bits per heavy atom. The zero-order chi connectivity index (χ0) is 16.4. The third kappa shape index (κ3) is 3.34. The van der Waals surface area contributed by atoms with Gasteiger partial charge in [0.2, 0.25) is 17.7 Å². The number of nitrogens with one attached hydrogen (secondary N) is 1. The third-order valence-corrected chi connectivity index (χ3v) is 5.22. The predicted molar refractivity (Wildman–Crippen MR) is 84.6 cm³/mol. The van der Waals surface area contributed by atoms with Gasteiger partial charge >= 0.3 is 0 Å². The van der Waals surface area contributed by atoms with Crippen LogP contribution in [0.4, 0.5) is 0 Å². The lowest BCUT2D eigenvalue weighted by molar-refractivity contribution is -0.146. The van der Waals surface area contributed by atoms with E-state index in [2.05, 4.69) is 5.32 Å². The van der Waals surface area contributed by atoms with Gasteiger partial charge in [-0.25, -0.2) is 0 Å². The van der Waals surface area contributed by atoms with Crippen molar-refractivity contribution in [2.75, 3.05) is 39.3 Å². The number of carbonyl (C=O) groups excluding carboxylic acids is 3. The lowest BCUT2D eigenvalue weighted by Gasteiger charge is -2.42. The van der Waals surface area contributed by atoms with Crippen LogP contribution >= 0.6 is 0 Å². The van der Waals surface area contributed by atoms with E-state index in [4.69, 9.17) is 0 Å². The lowest BCUT2D eigenvalue weighted by Crippen LogP contribution is -2.59. The van der Waals surface area contributed by atoms with Crippen molar-refractivity contribution in [2.24, 2.45) is 0 Å². The van der Waals surface area contributed by atoms with E-state index in [9.17, 15) is 14.4 Å². The van der Waals surface area contributed by atoms with Crippen LogP contribution < -0.4 is 5.32 Å². The summed E-state index contributed by atoms with van der Waals surface area (Å²) in [5.41, 5.74) is 0. The summed E-state index contributed by atoms with van der Waals surface area (Å²) < 4.78 is 0. The second kappa shape index (κ2) is 6.86. The molecule has 2 unspecified atom stereocenters. The number of piperidine rings is 1. The van der Waals surface area contributed by atoms with Gasteiger partial charge in [0.05, 0.1) is 6.54 Å². The van der Waals surface area contributed by atoms with Crippen LogP contribution in [0.1, 0.15) is 32.6 Å². The first kappa shape index (κ1) is 16.2. The Morgan fingerprint density at radius 1 is 1.13 bits per heavy atom. The highest BCUT2D eigenvalue weighted by atomic mass is 16.2. The van der Waals surface area contributed by atoms with Crippen LogP contribution in [0.2, 0.25) is 0 Å². The maximum Gasteiger partial charge on any atom is 0.245 e. The molecule has 0 radical (unpaired) electrons. The van der Waals surface area contributed by atoms with E-state index in [0.29, 0.717) is 26.2 Å². The zero-order valence-electron chi connectivity index (χ0n) is 13.8. The van der Waals surface area contributed by atoms with Crippen LogP contribution in [0.25, 0.3) is 0 Å². The number of piperazine rings is 1. The first-order chi connectivity index (χ1) is 11.1. The van der Waals surface area contributed by atoms with Crippen molar-refractivity contribution in [3.05, 3.63) is 0 Å². The number of hydrogen-bond donors (Lipinski definition) is 1. The summed E-state index contributed by atoms with van der Waals surface area (Å²) in [7, 11) is 0. The minimum atomic E-state index is -0.301. The molecule has 3 aliphatic heterocycles. The summed E-state index contributed by atoms with van der Waals surface area (Å²) >= 11 is 0. The average molecular weight is 322 g/mol. The molecule has 3 fully saturated rings. The highest BCUT2D eigenvalue weighted by Crippen LogP contribution is 2.23. The van der Waals surface area contributed by atoms with Crippen molar-refractivity contribution in [1.29, 1.82) is 0 Å². The fraction of sp³-hybridized carbons (Fsp3) is 0.812. The van der Waals surface area contributed by atoms with E-state index < -0.39 is 0 Å². The van der Waals surface area contributed by atoms with Crippen molar-refractivity contribution in [3.8, 4) is 0 Å². The molecule has 3 heterocycles. The van der Waals surface area contributed by atoms with Gasteiger partial charge < -0.3 is 20.0 Å². The van der Waals surface area contributed by atoms with Crippen molar-refractivity contribution in [3.63, 3.8) is 0 Å². The van der Waals surface area contributed by atoms with Gasteiger partial charge in [0.1, 0.15) is 6.04 Å². The van der Waals surface area contributed by atoms with Crippen molar-refractivity contribution >= 4 is 17.7 Å². The molecule has 3 aliphatic rings. The van der Waals surface area contributed by atoms with E-state index in [1.807, 2.05) is 9.80 Å². The molecule has 0 spiro atoms. The zero-order valence-corrected chi connectivity index (χ0v) is 13.8. The highest BCUT2D eigenvalue weighted by Gasteiger charge is 2.38. The molecule has 3 saturated heterocycles. The standard InChI is InChI=1S/C16H26N4O3/c1-12(21)19-8-3-5-14(19)16(23)18-7-2-4-13(11-18)20-9-6-17-10-15(20)22/h13-14,17H,2-11H2,1H3. The van der Waals surface area contributed by atoms with Gasteiger partial charge in [-0.2, -0.15) is 0 Å². The van der Waals surface area contributed by atoms with Crippen LogP contribution in [0.15, 0.2) is 0 Å². The largest absolute Gasteiger partial charge is 0.339 e. The third-order valence-electron chi connectivity index (χ3n) is 5.22. The van der Waals surface area contributed by atoms with Crippen LogP contribution in [0.3, 0.4) is 0 Å². The Kier molecular flexibility index (Phi) is 4.84. The fourth-order valence-electron chi connectivity index (χ4n) is 4.03. The van der Waals surface area contributed by atoms with Gasteiger partial charge in [0, 0.05) is 45.7 Å². The molecule has 0 bridgehead atoms. The molecule has 2 atom stereocenters. The second-order valence-corrected chi connectivity index (χ2v) is 6.71. The van der Waals surface area contributed by atoms with Crippen LogP contribution in [-0.4, -0.2) is 83.8 Å². The number of nitrogens with zero attached hydrogens (tertiary/aromatic N) is 3. The molecule has 1 N–H and O–H groups in total. The van der Waals surface area contributed by atoms with Gasteiger partial charge in [-0.05, 0) is 25.7 Å². The number of hydrogen-bond acceptors (Lipinski definition) is 4. The van der Waals surface area contributed by atoms with Gasteiger partial charge in [-0.1, -0.05) is 0 Å². The first-order valence-electron chi connectivity index (χ1n) is 8.64. The Balaban J connectivity index is 1.64. The number of carbonyl (C=O) groups is 3. The maximum atomic E-state index is 12.8. The SMILES string of the molecule is CC(=O)N1CCCC1C(=O)N1CCCC(N2CCNCC2=O)C1. The Morgan fingerprint density at radius 2 is 1.91 bits per heavy atom. The summed E-state index contributed by atoms with van der Waals surface area (Å²) in [4.78, 5) is 42.1. The quantitative estimate of drug-likeness (QED) is 0.738. The van der Waals surface area contributed by atoms with Crippen LogP contribution in [0.5, 0.6) is 0 Å². The minimum absolute atomic E-state index is 0.0216. The molecule has 3 rings (SSSR count). The van der Waals surface area contributed by atoms with Crippen LogP contribution in [0, 0.1) is 0 Å². The Labute approximate surface area is 137 Å². The summed E-state index contributed by atoms with van der Waals surface area (Å²) in [6.45, 7) is 5.48. The van der Waals surface area contributed by atoms with E-state index in [0.717, 1.165) is 38.8 Å². The van der Waals surface area contributed by atoms with Gasteiger partial charge in [-0.15, -0.1) is 0 Å². The lowest BCUT2D eigenvalue weighted by atomic mass is 10.0. The average Bonchev–Trinajstić information content (AvgIpc) is 3.04. The van der Waals surface area contributed by atoms with Crippen molar-refractivity contribution < 1.29 is 14.4 Å². The minimum Gasteiger partial charge on any atom is -0.339 e. The molecule has 0 aromatic heterocycles. The Bertz CT molecular complexity index is 496. The number of amides is 3. The molecular formula is C16H26N4O3. The summed E-state index contributed by atoms with van der Waals surface area (Å²) in [5.74, 6) is 0.165. The molecule has 0 aliphatic carbocycles. The Hall–Kier alpha value is -1.63. The van der Waals surface area contributed by atoms with E-state index >= 15 is 0 Å². The van der Waals surface area contributed by atoms with Gasteiger partial charge in [-0.3, -0.25) is 14.4 Å². The highest BCUT2D eigenvalue weighted by molar-refractivity contribution is 5.87. The molecule has 3 amide bonds. The molecule has 0 saturated carbocycles. The van der Waals surface area contributed by atoms with Crippen molar-refractivity contribution in [1.82, 2.24) is 20.0 Å². The smallest absolute Gasteiger partial charge is 0.245 e. The molecule has 0 aromatic carbocycles. The number of rotatable bonds is 2. The van der Waals surface area contributed by atoms with E-state index in [1.165, 1.54) is 6.92 Å². The summed E-state index contributed by atoms with van der Waals surface area (Å²) in [6, 6.07) is -0.181. The molecule has 23 heavy (non-hydrogen) atoms. The number of likely N-dealkylation sites (tertiary alicyclic amines) is 2. The van der Waals surface area contributed by atoms with Gasteiger partial charge in [0.25, 0.3) is 0 Å². The molecular weight excluding hydrogens is 296 g/mol. The van der Waals surface area contributed by atoms with E-state index in [-0.39, 0.29) is 29.8 Å². The molecule has 128 valence electrons. The topological polar surface area (TPSA) is 73.0 Å². The molecule has 7 heteroatoms. The monoisotopic (exact) mass is 322 g/mol.